The van der Waals surface area contributed by atoms with Gasteiger partial charge in [0.1, 0.15) is 0 Å². The monoisotopic (exact) mass is 362 g/mol. The second-order valence-corrected chi connectivity index (χ2v) is 6.57. The first-order valence-corrected chi connectivity index (χ1v) is 8.97. The van der Waals surface area contributed by atoms with E-state index in [1.165, 1.54) is 30.4 Å². The summed E-state index contributed by atoms with van der Waals surface area (Å²) >= 11 is 0. The van der Waals surface area contributed by atoms with Crippen LogP contribution in [-0.4, -0.2) is 20.3 Å². The number of halogens is 2. The number of rotatable bonds is 6. The van der Waals surface area contributed by atoms with Crippen LogP contribution in [0.3, 0.4) is 0 Å². The quantitative estimate of drug-likeness (QED) is 0.717. The van der Waals surface area contributed by atoms with E-state index in [9.17, 15) is 8.78 Å². The zero-order chi connectivity index (χ0) is 18.5. The third-order valence-electron chi connectivity index (χ3n) is 4.84. The van der Waals surface area contributed by atoms with E-state index in [0.717, 1.165) is 19.3 Å². The Morgan fingerprint density at radius 1 is 1.00 bits per heavy atom. The van der Waals surface area contributed by atoms with Gasteiger partial charge in [0.05, 0.1) is 26.4 Å². The van der Waals surface area contributed by atoms with Crippen molar-refractivity contribution in [3.63, 3.8) is 0 Å². The van der Waals surface area contributed by atoms with Crippen LogP contribution in [0.25, 0.3) is 0 Å². The molecule has 0 radical (unpaired) electrons. The second kappa shape index (κ2) is 8.49. The van der Waals surface area contributed by atoms with Crippen molar-refractivity contribution in [2.75, 3.05) is 20.3 Å². The first-order valence-electron chi connectivity index (χ1n) is 8.97. The minimum absolute atomic E-state index is 0.0901. The number of hydrogen-bond acceptors (Lipinski definition) is 3. The van der Waals surface area contributed by atoms with Crippen molar-refractivity contribution in [1.82, 2.24) is 0 Å². The molecule has 0 aromatic heterocycles. The molecule has 0 spiro atoms. The van der Waals surface area contributed by atoms with Gasteiger partial charge in [0.25, 0.3) is 0 Å². The third-order valence-corrected chi connectivity index (χ3v) is 4.84. The number of aryl methyl sites for hydroxylation is 1. The summed E-state index contributed by atoms with van der Waals surface area (Å²) in [6.07, 6.45) is 2.92. The van der Waals surface area contributed by atoms with Crippen molar-refractivity contribution in [2.45, 2.75) is 32.3 Å². The van der Waals surface area contributed by atoms with Crippen molar-refractivity contribution in [2.24, 2.45) is 5.92 Å². The Morgan fingerprint density at radius 3 is 2.31 bits per heavy atom. The molecule has 1 saturated heterocycles. The maximum absolute atomic E-state index is 13.9. The van der Waals surface area contributed by atoms with Gasteiger partial charge in [-0.15, -0.1) is 0 Å². The lowest BCUT2D eigenvalue weighted by Gasteiger charge is -2.29. The van der Waals surface area contributed by atoms with Crippen LogP contribution in [-0.2, 0) is 11.2 Å². The molecule has 1 fully saturated rings. The van der Waals surface area contributed by atoms with E-state index < -0.39 is 11.6 Å². The molecule has 1 heterocycles. The van der Waals surface area contributed by atoms with Gasteiger partial charge in [0.15, 0.2) is 11.5 Å². The molecule has 1 aliphatic rings. The standard InChI is InChI=1S/C21H24F2O3/c1-3-14-4-7-16(8-5-14)17-9-6-15(12-25-17)13-26-19-11-10-18(24-2)20(22)21(19)23/h4-5,7-8,10-11,15,17H,3,6,9,12-13H2,1-2H3. The lowest BCUT2D eigenvalue weighted by Crippen LogP contribution is -2.25. The Hall–Kier alpha value is -2.14. The molecule has 0 aliphatic carbocycles. The molecule has 2 unspecified atom stereocenters. The van der Waals surface area contributed by atoms with Crippen LogP contribution in [0.1, 0.15) is 37.0 Å². The Morgan fingerprint density at radius 2 is 1.69 bits per heavy atom. The highest BCUT2D eigenvalue weighted by Gasteiger charge is 2.24. The largest absolute Gasteiger partial charge is 0.494 e. The van der Waals surface area contributed by atoms with E-state index in [1.54, 1.807) is 0 Å². The second-order valence-electron chi connectivity index (χ2n) is 6.57. The van der Waals surface area contributed by atoms with E-state index in [-0.39, 0.29) is 23.5 Å². The van der Waals surface area contributed by atoms with Gasteiger partial charge in [-0.1, -0.05) is 31.2 Å². The first-order chi connectivity index (χ1) is 12.6. The van der Waals surface area contributed by atoms with Crippen LogP contribution in [0.15, 0.2) is 36.4 Å². The lowest BCUT2D eigenvalue weighted by atomic mass is 9.94. The number of hydrogen-bond donors (Lipinski definition) is 0. The van der Waals surface area contributed by atoms with Gasteiger partial charge >= 0.3 is 0 Å². The maximum atomic E-state index is 13.9. The van der Waals surface area contributed by atoms with Crippen LogP contribution in [0.2, 0.25) is 0 Å². The van der Waals surface area contributed by atoms with Crippen LogP contribution < -0.4 is 9.47 Å². The molecule has 5 heteroatoms. The van der Waals surface area contributed by atoms with Crippen molar-refractivity contribution >= 4 is 0 Å². The normalized spacial score (nSPS) is 20.0. The van der Waals surface area contributed by atoms with E-state index in [1.807, 2.05) is 0 Å². The molecule has 140 valence electrons. The molecule has 2 atom stereocenters. The maximum Gasteiger partial charge on any atom is 0.204 e. The lowest BCUT2D eigenvalue weighted by molar-refractivity contribution is -0.0289. The molecule has 0 saturated carbocycles. The highest BCUT2D eigenvalue weighted by molar-refractivity contribution is 5.35. The predicted molar refractivity (Wildman–Crippen MR) is 95.6 cm³/mol. The van der Waals surface area contributed by atoms with Gasteiger partial charge < -0.3 is 14.2 Å². The summed E-state index contributed by atoms with van der Waals surface area (Å²) in [5, 5.41) is 0. The highest BCUT2D eigenvalue weighted by Crippen LogP contribution is 2.32. The topological polar surface area (TPSA) is 27.7 Å². The van der Waals surface area contributed by atoms with Gasteiger partial charge in [-0.3, -0.25) is 0 Å². The first kappa shape index (κ1) is 18.6. The fourth-order valence-electron chi connectivity index (χ4n) is 3.16. The van der Waals surface area contributed by atoms with Crippen molar-refractivity contribution in [3.8, 4) is 11.5 Å². The van der Waals surface area contributed by atoms with Crippen LogP contribution in [0.4, 0.5) is 8.78 Å². The van der Waals surface area contributed by atoms with E-state index >= 15 is 0 Å². The highest BCUT2D eigenvalue weighted by atomic mass is 19.2. The fourth-order valence-corrected chi connectivity index (χ4v) is 3.16. The molecule has 2 aromatic rings. The van der Waals surface area contributed by atoms with Gasteiger partial charge in [-0.25, -0.2) is 0 Å². The Balaban J connectivity index is 1.52. The third kappa shape index (κ3) is 4.15. The summed E-state index contributed by atoms with van der Waals surface area (Å²) in [5.74, 6) is -2.12. The van der Waals surface area contributed by atoms with Gasteiger partial charge in [-0.2, -0.15) is 8.78 Å². The van der Waals surface area contributed by atoms with Gasteiger partial charge in [-0.05, 0) is 42.5 Å². The van der Waals surface area contributed by atoms with Crippen LogP contribution >= 0.6 is 0 Å². The van der Waals surface area contributed by atoms with Crippen LogP contribution in [0.5, 0.6) is 11.5 Å². The molecule has 3 rings (SSSR count). The smallest absolute Gasteiger partial charge is 0.204 e. The summed E-state index contributed by atoms with van der Waals surface area (Å²) in [4.78, 5) is 0. The Kier molecular flexibility index (Phi) is 6.09. The van der Waals surface area contributed by atoms with Gasteiger partial charge in [0.2, 0.25) is 11.6 Å². The van der Waals surface area contributed by atoms with Crippen molar-refractivity contribution in [1.29, 1.82) is 0 Å². The molecule has 0 amide bonds. The molecular weight excluding hydrogens is 338 g/mol. The van der Waals surface area contributed by atoms with Gasteiger partial charge in [0, 0.05) is 5.92 Å². The summed E-state index contributed by atoms with van der Waals surface area (Å²) in [6, 6.07) is 11.3. The Labute approximate surface area is 152 Å². The molecule has 2 aromatic carbocycles. The van der Waals surface area contributed by atoms with Crippen molar-refractivity contribution < 1.29 is 23.0 Å². The summed E-state index contributed by atoms with van der Waals surface area (Å²) in [5.41, 5.74) is 2.49. The summed E-state index contributed by atoms with van der Waals surface area (Å²) < 4.78 is 43.8. The molecule has 0 bridgehead atoms. The van der Waals surface area contributed by atoms with E-state index in [4.69, 9.17) is 14.2 Å². The zero-order valence-electron chi connectivity index (χ0n) is 15.1. The molecule has 3 nitrogen and oxygen atoms in total. The average molecular weight is 362 g/mol. The molecule has 0 N–H and O–H groups in total. The molecular formula is C21H24F2O3. The zero-order valence-corrected chi connectivity index (χ0v) is 15.1. The number of methoxy groups -OCH3 is 1. The van der Waals surface area contributed by atoms with Crippen molar-refractivity contribution in [3.05, 3.63) is 59.2 Å². The Bertz CT molecular complexity index is 723. The summed E-state index contributed by atoms with van der Waals surface area (Å²) in [6.45, 7) is 2.97. The van der Waals surface area contributed by atoms with E-state index in [2.05, 4.69) is 31.2 Å². The number of benzene rings is 2. The molecule has 1 aliphatic heterocycles. The SMILES string of the molecule is CCc1ccc(C2CCC(COc3ccc(OC)c(F)c3F)CO2)cc1. The summed E-state index contributed by atoms with van der Waals surface area (Å²) in [7, 11) is 1.30. The fraction of sp³-hybridized carbons (Fsp3) is 0.429. The minimum atomic E-state index is -1.03. The number of ether oxygens (including phenoxy) is 3. The minimum Gasteiger partial charge on any atom is -0.494 e. The van der Waals surface area contributed by atoms with Crippen LogP contribution in [0, 0.1) is 17.6 Å². The van der Waals surface area contributed by atoms with E-state index in [0.29, 0.717) is 13.2 Å². The molecule has 26 heavy (non-hydrogen) atoms. The average Bonchev–Trinajstić information content (AvgIpc) is 2.70. The predicted octanol–water partition coefficient (Wildman–Crippen LogP) is 5.08.